The summed E-state index contributed by atoms with van der Waals surface area (Å²) in [4.78, 5) is 2.48. The number of nitriles is 1. The van der Waals surface area contributed by atoms with E-state index in [0.29, 0.717) is 6.04 Å². The summed E-state index contributed by atoms with van der Waals surface area (Å²) in [6.07, 6.45) is 2.04. The highest BCUT2D eigenvalue weighted by Gasteiger charge is 2.22. The van der Waals surface area contributed by atoms with Crippen LogP contribution in [-0.4, -0.2) is 18.0 Å². The summed E-state index contributed by atoms with van der Waals surface area (Å²) < 4.78 is 0. The average Bonchev–Trinajstić information content (AvgIpc) is 2.39. The smallest absolute Gasteiger partial charge is 0.0656 e. The van der Waals surface area contributed by atoms with Gasteiger partial charge < -0.3 is 0 Å². The first-order valence-electron chi connectivity index (χ1n) is 6.00. The van der Waals surface area contributed by atoms with E-state index in [2.05, 4.69) is 48.2 Å². The van der Waals surface area contributed by atoms with Crippen molar-refractivity contribution in [1.82, 2.24) is 4.90 Å². The highest BCUT2D eigenvalue weighted by atomic mass is 15.2. The molecule has 0 N–H and O–H groups in total. The topological polar surface area (TPSA) is 27.0 Å². The van der Waals surface area contributed by atoms with Gasteiger partial charge in [-0.3, -0.25) is 4.90 Å². The first kappa shape index (κ1) is 11.2. The molecule has 16 heavy (non-hydrogen) atoms. The van der Waals surface area contributed by atoms with E-state index >= 15 is 0 Å². The molecule has 2 heteroatoms. The van der Waals surface area contributed by atoms with E-state index in [4.69, 9.17) is 5.26 Å². The van der Waals surface area contributed by atoms with E-state index in [-0.39, 0.29) is 5.92 Å². The van der Waals surface area contributed by atoms with Crippen LogP contribution in [0.25, 0.3) is 0 Å². The van der Waals surface area contributed by atoms with Crippen molar-refractivity contribution in [2.24, 2.45) is 5.92 Å². The predicted molar refractivity (Wildman–Crippen MR) is 64.8 cm³/mol. The summed E-state index contributed by atoms with van der Waals surface area (Å²) in [5, 5.41) is 8.86. The molecule has 84 valence electrons. The van der Waals surface area contributed by atoms with Gasteiger partial charge in [0.1, 0.15) is 0 Å². The van der Waals surface area contributed by atoms with E-state index in [1.165, 1.54) is 5.56 Å². The van der Waals surface area contributed by atoms with Crippen molar-refractivity contribution < 1.29 is 0 Å². The molecule has 1 unspecified atom stereocenters. The number of piperidine rings is 1. The molecule has 0 aromatic heterocycles. The Morgan fingerprint density at radius 2 is 1.88 bits per heavy atom. The molecule has 0 radical (unpaired) electrons. The van der Waals surface area contributed by atoms with E-state index in [0.717, 1.165) is 25.9 Å². The van der Waals surface area contributed by atoms with Gasteiger partial charge in [0.2, 0.25) is 0 Å². The number of nitrogens with zero attached hydrogens (tertiary/aromatic N) is 2. The molecule has 1 heterocycles. The van der Waals surface area contributed by atoms with Gasteiger partial charge in [-0.25, -0.2) is 0 Å². The van der Waals surface area contributed by atoms with Gasteiger partial charge in [-0.1, -0.05) is 30.3 Å². The average molecular weight is 214 g/mol. The fraction of sp³-hybridized carbons (Fsp3) is 0.500. The van der Waals surface area contributed by atoms with Crippen LogP contribution >= 0.6 is 0 Å². The van der Waals surface area contributed by atoms with Gasteiger partial charge in [0, 0.05) is 12.0 Å². The minimum atomic E-state index is 0.277. The van der Waals surface area contributed by atoms with Crippen LogP contribution in [0.3, 0.4) is 0 Å². The number of rotatable bonds is 2. The number of benzene rings is 1. The third-order valence-corrected chi connectivity index (χ3v) is 3.54. The highest BCUT2D eigenvalue weighted by Crippen LogP contribution is 2.25. The molecule has 1 fully saturated rings. The second kappa shape index (κ2) is 5.14. The van der Waals surface area contributed by atoms with Crippen LogP contribution in [0.2, 0.25) is 0 Å². The van der Waals surface area contributed by atoms with Gasteiger partial charge in [0.15, 0.2) is 0 Å². The maximum atomic E-state index is 8.86. The minimum Gasteiger partial charge on any atom is -0.297 e. The summed E-state index contributed by atoms with van der Waals surface area (Å²) >= 11 is 0. The van der Waals surface area contributed by atoms with Gasteiger partial charge >= 0.3 is 0 Å². The fourth-order valence-electron chi connectivity index (χ4n) is 2.36. The molecule has 1 aliphatic rings. The molecule has 0 aliphatic carbocycles. The first-order valence-corrected chi connectivity index (χ1v) is 6.00. The number of hydrogen-bond donors (Lipinski definition) is 0. The van der Waals surface area contributed by atoms with Crippen molar-refractivity contribution in [3.05, 3.63) is 35.9 Å². The van der Waals surface area contributed by atoms with Crippen molar-refractivity contribution in [2.75, 3.05) is 13.1 Å². The molecule has 0 bridgehead atoms. The predicted octanol–water partition coefficient (Wildman–Crippen LogP) is 2.98. The van der Waals surface area contributed by atoms with Crippen LogP contribution in [0.15, 0.2) is 30.3 Å². The quantitative estimate of drug-likeness (QED) is 0.756. The summed E-state index contributed by atoms with van der Waals surface area (Å²) in [6, 6.07) is 13.4. The Morgan fingerprint density at radius 1 is 1.25 bits per heavy atom. The SMILES string of the molecule is CC(c1ccccc1)N1CCC(C#N)CC1. The summed E-state index contributed by atoms with van der Waals surface area (Å²) in [7, 11) is 0. The second-order valence-electron chi connectivity index (χ2n) is 4.53. The molecule has 0 saturated carbocycles. The monoisotopic (exact) mass is 214 g/mol. The molecule has 0 spiro atoms. The van der Waals surface area contributed by atoms with Crippen LogP contribution in [0, 0.1) is 17.2 Å². The van der Waals surface area contributed by atoms with Gasteiger partial charge in [-0.2, -0.15) is 5.26 Å². The zero-order valence-electron chi connectivity index (χ0n) is 9.76. The minimum absolute atomic E-state index is 0.277. The van der Waals surface area contributed by atoms with Crippen molar-refractivity contribution in [2.45, 2.75) is 25.8 Å². The van der Waals surface area contributed by atoms with Crippen molar-refractivity contribution >= 4 is 0 Å². The standard InChI is InChI=1S/C14H18N2/c1-12(14-5-3-2-4-6-14)16-9-7-13(11-15)8-10-16/h2-6,12-13H,7-10H2,1H3. The van der Waals surface area contributed by atoms with E-state index in [9.17, 15) is 0 Å². The van der Waals surface area contributed by atoms with E-state index in [1.807, 2.05) is 0 Å². The molecular weight excluding hydrogens is 196 g/mol. The lowest BCUT2D eigenvalue weighted by molar-refractivity contribution is 0.157. The zero-order valence-corrected chi connectivity index (χ0v) is 9.76. The maximum absolute atomic E-state index is 8.86. The Bertz CT molecular complexity index is 358. The third kappa shape index (κ3) is 2.43. The Morgan fingerprint density at radius 3 is 2.44 bits per heavy atom. The lowest BCUT2D eigenvalue weighted by Crippen LogP contribution is -2.35. The molecule has 1 saturated heterocycles. The Labute approximate surface area is 97.5 Å². The molecule has 2 nitrogen and oxygen atoms in total. The molecular formula is C14H18N2. The summed E-state index contributed by atoms with van der Waals surface area (Å²) in [5.41, 5.74) is 1.37. The van der Waals surface area contributed by atoms with Crippen LogP contribution in [0.4, 0.5) is 0 Å². The first-order chi connectivity index (χ1) is 7.81. The van der Waals surface area contributed by atoms with Crippen molar-refractivity contribution in [3.8, 4) is 6.07 Å². The number of likely N-dealkylation sites (tertiary alicyclic amines) is 1. The molecule has 1 atom stereocenters. The number of hydrogen-bond acceptors (Lipinski definition) is 2. The summed E-state index contributed by atoms with van der Waals surface area (Å²) in [6.45, 7) is 4.35. The normalized spacial score (nSPS) is 20.2. The van der Waals surface area contributed by atoms with E-state index in [1.54, 1.807) is 0 Å². The fourth-order valence-corrected chi connectivity index (χ4v) is 2.36. The Balaban J connectivity index is 1.97. The molecule has 0 amide bonds. The maximum Gasteiger partial charge on any atom is 0.0656 e. The Hall–Kier alpha value is -1.33. The van der Waals surface area contributed by atoms with E-state index < -0.39 is 0 Å². The molecule has 1 aliphatic heterocycles. The Kier molecular flexibility index (Phi) is 3.58. The molecule has 1 aromatic carbocycles. The molecule has 2 rings (SSSR count). The van der Waals surface area contributed by atoms with Gasteiger partial charge in [-0.05, 0) is 38.4 Å². The molecule has 1 aromatic rings. The van der Waals surface area contributed by atoms with Crippen LogP contribution in [0.5, 0.6) is 0 Å². The zero-order chi connectivity index (χ0) is 11.4. The second-order valence-corrected chi connectivity index (χ2v) is 4.53. The van der Waals surface area contributed by atoms with Gasteiger partial charge in [-0.15, -0.1) is 0 Å². The van der Waals surface area contributed by atoms with Gasteiger partial charge in [0.25, 0.3) is 0 Å². The van der Waals surface area contributed by atoms with Gasteiger partial charge in [0.05, 0.1) is 6.07 Å². The lowest BCUT2D eigenvalue weighted by atomic mass is 9.96. The van der Waals surface area contributed by atoms with Crippen LogP contribution in [0.1, 0.15) is 31.4 Å². The van der Waals surface area contributed by atoms with Crippen molar-refractivity contribution in [1.29, 1.82) is 5.26 Å². The lowest BCUT2D eigenvalue weighted by Gasteiger charge is -2.34. The largest absolute Gasteiger partial charge is 0.297 e. The van der Waals surface area contributed by atoms with Crippen molar-refractivity contribution in [3.63, 3.8) is 0 Å². The third-order valence-electron chi connectivity index (χ3n) is 3.54. The van der Waals surface area contributed by atoms with Crippen LogP contribution in [-0.2, 0) is 0 Å². The summed E-state index contributed by atoms with van der Waals surface area (Å²) in [5.74, 6) is 0.277. The highest BCUT2D eigenvalue weighted by molar-refractivity contribution is 5.18. The van der Waals surface area contributed by atoms with Crippen LogP contribution < -0.4 is 0 Å².